The predicted octanol–water partition coefficient (Wildman–Crippen LogP) is 0.928. The van der Waals surface area contributed by atoms with Crippen molar-refractivity contribution in [2.24, 2.45) is 0 Å². The maximum atomic E-state index is 13.4. The summed E-state index contributed by atoms with van der Waals surface area (Å²) in [6.45, 7) is -0.774. The zero-order chi connectivity index (χ0) is 12.3. The molecule has 1 N–H and O–H groups in total. The summed E-state index contributed by atoms with van der Waals surface area (Å²) in [7, 11) is 2.45. The summed E-state index contributed by atoms with van der Waals surface area (Å²) in [4.78, 5) is 11.9. The summed E-state index contributed by atoms with van der Waals surface area (Å²) in [5.41, 5.74) is -0.252. The second kappa shape index (κ2) is 4.89. The van der Waals surface area contributed by atoms with E-state index in [1.807, 2.05) is 0 Å². The van der Waals surface area contributed by atoms with Gasteiger partial charge >= 0.3 is 0 Å². The number of nitrogens with zero attached hydrogens (tertiary/aromatic N) is 1. The molecule has 88 valence electrons. The molecule has 0 atom stereocenters. The van der Waals surface area contributed by atoms with E-state index in [-0.39, 0.29) is 11.4 Å². The summed E-state index contributed by atoms with van der Waals surface area (Å²) in [5, 5.41) is 8.60. The van der Waals surface area contributed by atoms with Crippen molar-refractivity contribution in [3.05, 3.63) is 23.8 Å². The molecule has 0 heterocycles. The number of hydrogen-bond donors (Lipinski definition) is 1. The van der Waals surface area contributed by atoms with Crippen LogP contribution in [0.4, 0.5) is 14.5 Å². The number of ether oxygens (including phenoxy) is 1. The molecule has 0 saturated carbocycles. The van der Waals surface area contributed by atoms with E-state index < -0.39 is 24.1 Å². The fourth-order valence-electron chi connectivity index (χ4n) is 1.17. The molecule has 0 aliphatic heterocycles. The summed E-state index contributed by atoms with van der Waals surface area (Å²) in [6.07, 6.45) is 0. The van der Waals surface area contributed by atoms with Gasteiger partial charge in [0.2, 0.25) is 0 Å². The Morgan fingerprint density at radius 2 is 2.06 bits per heavy atom. The lowest BCUT2D eigenvalue weighted by Gasteiger charge is -2.17. The average Bonchev–Trinajstić information content (AvgIpc) is 2.29. The van der Waals surface area contributed by atoms with Crippen LogP contribution < -0.4 is 9.64 Å². The molecule has 0 unspecified atom stereocenters. The van der Waals surface area contributed by atoms with Crippen LogP contribution in [-0.4, -0.2) is 31.8 Å². The number of hydrogen-bond acceptors (Lipinski definition) is 3. The molecule has 4 nitrogen and oxygen atoms in total. The zero-order valence-corrected chi connectivity index (χ0v) is 8.83. The number of carbonyl (C=O) groups excluding carboxylic acids is 1. The van der Waals surface area contributed by atoms with Gasteiger partial charge in [0.05, 0.1) is 12.8 Å². The molecule has 0 aliphatic rings. The van der Waals surface area contributed by atoms with E-state index in [0.29, 0.717) is 0 Å². The van der Waals surface area contributed by atoms with Crippen LogP contribution in [0.5, 0.6) is 5.75 Å². The molecule has 0 saturated heterocycles. The molecular weight excluding hydrogens is 220 g/mol. The van der Waals surface area contributed by atoms with Gasteiger partial charge in [-0.3, -0.25) is 4.79 Å². The van der Waals surface area contributed by atoms with Gasteiger partial charge in [0.25, 0.3) is 5.91 Å². The van der Waals surface area contributed by atoms with Crippen molar-refractivity contribution in [1.82, 2.24) is 0 Å². The highest BCUT2D eigenvalue weighted by atomic mass is 19.1. The molecule has 1 rings (SSSR count). The normalized spacial score (nSPS) is 10.1. The highest BCUT2D eigenvalue weighted by Crippen LogP contribution is 2.26. The lowest BCUT2D eigenvalue weighted by Crippen LogP contribution is -2.29. The first kappa shape index (κ1) is 12.4. The third-order valence-corrected chi connectivity index (χ3v) is 2.09. The minimum absolute atomic E-state index is 0.244. The summed E-state index contributed by atoms with van der Waals surface area (Å²) in [5.74, 6) is -2.56. The number of anilines is 1. The van der Waals surface area contributed by atoms with E-state index in [4.69, 9.17) is 5.11 Å². The van der Waals surface area contributed by atoms with Gasteiger partial charge in [-0.05, 0) is 0 Å². The summed E-state index contributed by atoms with van der Waals surface area (Å²) < 4.78 is 31.3. The summed E-state index contributed by atoms with van der Waals surface area (Å²) in [6, 6.07) is 1.67. The number of rotatable bonds is 3. The SMILES string of the molecule is COc1cc(F)c(N(C)C(=O)CO)cc1F. The molecule has 0 bridgehead atoms. The fraction of sp³-hybridized carbons (Fsp3) is 0.300. The van der Waals surface area contributed by atoms with Gasteiger partial charge in [-0.25, -0.2) is 8.78 Å². The Morgan fingerprint density at radius 3 is 2.56 bits per heavy atom. The van der Waals surface area contributed by atoms with Crippen molar-refractivity contribution in [3.8, 4) is 5.75 Å². The first-order valence-corrected chi connectivity index (χ1v) is 4.41. The van der Waals surface area contributed by atoms with Gasteiger partial charge in [0.1, 0.15) is 6.61 Å². The Morgan fingerprint density at radius 1 is 1.44 bits per heavy atom. The lowest BCUT2D eigenvalue weighted by atomic mass is 10.2. The first-order valence-electron chi connectivity index (χ1n) is 4.41. The quantitative estimate of drug-likeness (QED) is 0.841. The molecule has 0 aromatic heterocycles. The van der Waals surface area contributed by atoms with Crippen molar-refractivity contribution in [2.45, 2.75) is 0 Å². The topological polar surface area (TPSA) is 49.8 Å². The molecule has 0 spiro atoms. The maximum absolute atomic E-state index is 13.4. The van der Waals surface area contributed by atoms with Crippen LogP contribution in [0.3, 0.4) is 0 Å². The molecule has 6 heteroatoms. The van der Waals surface area contributed by atoms with E-state index in [1.54, 1.807) is 0 Å². The van der Waals surface area contributed by atoms with Gasteiger partial charge in [-0.2, -0.15) is 0 Å². The third-order valence-electron chi connectivity index (χ3n) is 2.09. The average molecular weight is 231 g/mol. The van der Waals surface area contributed by atoms with Crippen molar-refractivity contribution >= 4 is 11.6 Å². The van der Waals surface area contributed by atoms with Crippen LogP contribution in [0.15, 0.2) is 12.1 Å². The highest BCUT2D eigenvalue weighted by molar-refractivity contribution is 5.93. The first-order chi connectivity index (χ1) is 7.51. The number of likely N-dealkylation sites (N-methyl/N-ethyl adjacent to an activating group) is 1. The molecule has 1 aromatic carbocycles. The predicted molar refractivity (Wildman–Crippen MR) is 53.4 cm³/mol. The van der Waals surface area contributed by atoms with Gasteiger partial charge < -0.3 is 14.7 Å². The molecule has 16 heavy (non-hydrogen) atoms. The van der Waals surface area contributed by atoms with Crippen LogP contribution >= 0.6 is 0 Å². The van der Waals surface area contributed by atoms with Crippen LogP contribution in [0.25, 0.3) is 0 Å². The Balaban J connectivity index is 3.15. The third kappa shape index (κ3) is 2.27. The molecular formula is C10H11F2NO3. The smallest absolute Gasteiger partial charge is 0.252 e. The number of aliphatic hydroxyl groups is 1. The number of amides is 1. The van der Waals surface area contributed by atoms with E-state index >= 15 is 0 Å². The molecule has 1 amide bonds. The number of aliphatic hydroxyl groups excluding tert-OH is 1. The largest absolute Gasteiger partial charge is 0.494 e. The lowest BCUT2D eigenvalue weighted by molar-refractivity contribution is -0.121. The Bertz CT molecular complexity index is 409. The number of carbonyl (C=O) groups is 1. The van der Waals surface area contributed by atoms with Gasteiger partial charge in [-0.15, -0.1) is 0 Å². The number of halogens is 2. The van der Waals surface area contributed by atoms with Crippen molar-refractivity contribution in [1.29, 1.82) is 0 Å². The second-order valence-electron chi connectivity index (χ2n) is 3.05. The minimum atomic E-state index is -0.803. The Kier molecular flexibility index (Phi) is 3.78. The van der Waals surface area contributed by atoms with Crippen molar-refractivity contribution in [3.63, 3.8) is 0 Å². The minimum Gasteiger partial charge on any atom is -0.494 e. The Hall–Kier alpha value is -1.69. The molecule has 0 fully saturated rings. The van der Waals surface area contributed by atoms with E-state index in [9.17, 15) is 13.6 Å². The van der Waals surface area contributed by atoms with Gasteiger partial charge in [0.15, 0.2) is 17.4 Å². The Labute approximate surface area is 91.1 Å². The number of benzene rings is 1. The van der Waals surface area contributed by atoms with Crippen LogP contribution in [0, 0.1) is 11.6 Å². The highest BCUT2D eigenvalue weighted by Gasteiger charge is 2.17. The summed E-state index contributed by atoms with van der Waals surface area (Å²) >= 11 is 0. The number of methoxy groups -OCH3 is 1. The van der Waals surface area contributed by atoms with E-state index in [0.717, 1.165) is 17.0 Å². The van der Waals surface area contributed by atoms with Gasteiger partial charge in [0, 0.05) is 19.2 Å². The standard InChI is InChI=1S/C10H11F2NO3/c1-13(10(15)5-14)8-3-7(12)9(16-2)4-6(8)11/h3-4,14H,5H2,1-2H3. The maximum Gasteiger partial charge on any atom is 0.252 e. The van der Waals surface area contributed by atoms with Crippen LogP contribution in [-0.2, 0) is 4.79 Å². The van der Waals surface area contributed by atoms with Crippen molar-refractivity contribution < 1.29 is 23.4 Å². The van der Waals surface area contributed by atoms with Crippen LogP contribution in [0.2, 0.25) is 0 Å². The molecule has 0 radical (unpaired) electrons. The monoisotopic (exact) mass is 231 g/mol. The zero-order valence-electron chi connectivity index (χ0n) is 8.83. The van der Waals surface area contributed by atoms with E-state index in [2.05, 4.69) is 4.74 Å². The van der Waals surface area contributed by atoms with E-state index in [1.165, 1.54) is 14.2 Å². The van der Waals surface area contributed by atoms with Gasteiger partial charge in [-0.1, -0.05) is 0 Å². The fourth-order valence-corrected chi connectivity index (χ4v) is 1.17. The second-order valence-corrected chi connectivity index (χ2v) is 3.05. The van der Waals surface area contributed by atoms with Crippen molar-refractivity contribution in [2.75, 3.05) is 25.7 Å². The molecule has 1 aromatic rings. The van der Waals surface area contributed by atoms with Crippen LogP contribution in [0.1, 0.15) is 0 Å². The molecule has 0 aliphatic carbocycles.